The lowest BCUT2D eigenvalue weighted by atomic mass is 9.86. The van der Waals surface area contributed by atoms with Crippen molar-refractivity contribution < 1.29 is 4.74 Å². The van der Waals surface area contributed by atoms with Crippen molar-refractivity contribution in [3.05, 3.63) is 28.8 Å². The van der Waals surface area contributed by atoms with Crippen molar-refractivity contribution in [2.24, 2.45) is 0 Å². The molecule has 0 saturated carbocycles. The first-order chi connectivity index (χ1) is 6.96. The van der Waals surface area contributed by atoms with E-state index in [9.17, 15) is 0 Å². The Balaban J connectivity index is 3.16. The Bertz CT molecular complexity index is 383. The predicted molar refractivity (Wildman–Crippen MR) is 64.5 cm³/mol. The monoisotopic (exact) mass is 222 g/mol. The normalized spacial score (nSPS) is 10.9. The molecule has 15 heavy (non-hydrogen) atoms. The van der Waals surface area contributed by atoms with Gasteiger partial charge in [-0.2, -0.15) is 0 Å². The molecule has 0 heterocycles. The van der Waals surface area contributed by atoms with Gasteiger partial charge in [-0.3, -0.25) is 0 Å². The molecule has 1 aromatic rings. The summed E-state index contributed by atoms with van der Waals surface area (Å²) in [6, 6.07) is 5.62. The van der Waals surface area contributed by atoms with Crippen LogP contribution < -0.4 is 4.74 Å². The predicted octanol–water partition coefficient (Wildman–Crippen LogP) is 3.65. The van der Waals surface area contributed by atoms with E-state index in [4.69, 9.17) is 22.8 Å². The highest BCUT2D eigenvalue weighted by Crippen LogP contribution is 2.36. The molecular weight excluding hydrogens is 208 g/mol. The van der Waals surface area contributed by atoms with Gasteiger partial charge in [0, 0.05) is 10.6 Å². The molecule has 0 fully saturated rings. The highest BCUT2D eigenvalue weighted by molar-refractivity contribution is 6.31. The van der Waals surface area contributed by atoms with Crippen molar-refractivity contribution in [3.63, 3.8) is 0 Å². The average Bonchev–Trinajstić information content (AvgIpc) is 2.12. The van der Waals surface area contributed by atoms with Crippen LogP contribution in [0.15, 0.2) is 18.2 Å². The molecule has 1 rings (SSSR count). The zero-order valence-electron chi connectivity index (χ0n) is 9.30. The van der Waals surface area contributed by atoms with E-state index in [0.717, 1.165) is 16.3 Å². The van der Waals surface area contributed by atoms with Crippen LogP contribution in [-0.4, -0.2) is 6.61 Å². The van der Waals surface area contributed by atoms with E-state index in [1.807, 2.05) is 18.2 Å². The van der Waals surface area contributed by atoms with Gasteiger partial charge < -0.3 is 4.74 Å². The van der Waals surface area contributed by atoms with E-state index < -0.39 is 0 Å². The van der Waals surface area contributed by atoms with Crippen molar-refractivity contribution >= 4 is 11.6 Å². The van der Waals surface area contributed by atoms with Crippen LogP contribution in [-0.2, 0) is 5.41 Å². The van der Waals surface area contributed by atoms with Crippen LogP contribution in [0.2, 0.25) is 5.02 Å². The van der Waals surface area contributed by atoms with E-state index in [1.54, 1.807) is 0 Å². The lowest BCUT2D eigenvalue weighted by Gasteiger charge is -2.23. The first-order valence-electron chi connectivity index (χ1n) is 4.82. The summed E-state index contributed by atoms with van der Waals surface area (Å²) in [6.45, 7) is 6.55. The lowest BCUT2D eigenvalue weighted by molar-refractivity contribution is 0.357. The molecule has 0 aliphatic carbocycles. The van der Waals surface area contributed by atoms with E-state index >= 15 is 0 Å². The van der Waals surface area contributed by atoms with Crippen molar-refractivity contribution in [1.82, 2.24) is 0 Å². The zero-order chi connectivity index (χ0) is 11.5. The quantitative estimate of drug-likeness (QED) is 0.695. The first-order valence-corrected chi connectivity index (χ1v) is 5.20. The minimum absolute atomic E-state index is 0.0533. The van der Waals surface area contributed by atoms with Crippen LogP contribution in [0, 0.1) is 12.3 Å². The van der Waals surface area contributed by atoms with Crippen LogP contribution in [0.4, 0.5) is 0 Å². The number of hydrogen-bond donors (Lipinski definition) is 0. The summed E-state index contributed by atoms with van der Waals surface area (Å²) in [5.41, 5.74) is 0.948. The lowest BCUT2D eigenvalue weighted by Crippen LogP contribution is -2.14. The summed E-state index contributed by atoms with van der Waals surface area (Å²) in [5, 5.41) is 0.719. The molecular formula is C13H15ClO. The summed E-state index contributed by atoms with van der Waals surface area (Å²) >= 11 is 6.16. The summed E-state index contributed by atoms with van der Waals surface area (Å²) in [6.07, 6.45) is 5.17. The minimum Gasteiger partial charge on any atom is -0.481 e. The molecule has 0 bridgehead atoms. The van der Waals surface area contributed by atoms with E-state index in [1.165, 1.54) is 0 Å². The molecule has 2 heteroatoms. The Morgan fingerprint density at radius 2 is 2.07 bits per heavy atom. The first kappa shape index (κ1) is 11.9. The van der Waals surface area contributed by atoms with E-state index in [0.29, 0.717) is 0 Å². The molecule has 0 amide bonds. The van der Waals surface area contributed by atoms with Gasteiger partial charge in [-0.1, -0.05) is 44.4 Å². The second kappa shape index (κ2) is 4.59. The fourth-order valence-electron chi connectivity index (χ4n) is 1.47. The van der Waals surface area contributed by atoms with Gasteiger partial charge in [0.05, 0.1) is 0 Å². The Labute approximate surface area is 96.4 Å². The number of benzene rings is 1. The number of halogens is 1. The highest BCUT2D eigenvalue weighted by atomic mass is 35.5. The SMILES string of the molecule is C#CCOc1cccc(Cl)c1C(C)(C)C. The Morgan fingerprint density at radius 3 is 2.60 bits per heavy atom. The molecule has 1 aromatic carbocycles. The van der Waals surface area contributed by atoms with Crippen LogP contribution in [0.1, 0.15) is 26.3 Å². The van der Waals surface area contributed by atoms with Crippen LogP contribution >= 0.6 is 11.6 Å². The topological polar surface area (TPSA) is 9.23 Å². The van der Waals surface area contributed by atoms with Gasteiger partial charge in [0.15, 0.2) is 0 Å². The Kier molecular flexibility index (Phi) is 3.66. The number of terminal acetylenes is 1. The molecule has 0 spiro atoms. The van der Waals surface area contributed by atoms with Crippen molar-refractivity contribution in [2.75, 3.05) is 6.61 Å². The minimum atomic E-state index is -0.0533. The van der Waals surface area contributed by atoms with E-state index in [2.05, 4.69) is 26.7 Å². The summed E-state index contributed by atoms with van der Waals surface area (Å²) in [7, 11) is 0. The molecule has 0 saturated heterocycles. The maximum absolute atomic E-state index is 6.16. The fraction of sp³-hybridized carbons (Fsp3) is 0.385. The third kappa shape index (κ3) is 2.91. The van der Waals surface area contributed by atoms with Gasteiger partial charge in [-0.15, -0.1) is 6.42 Å². The number of hydrogen-bond acceptors (Lipinski definition) is 1. The molecule has 0 radical (unpaired) electrons. The van der Waals surface area contributed by atoms with Crippen molar-refractivity contribution in [3.8, 4) is 18.1 Å². The maximum Gasteiger partial charge on any atom is 0.148 e. The largest absolute Gasteiger partial charge is 0.481 e. The van der Waals surface area contributed by atoms with Crippen LogP contribution in [0.5, 0.6) is 5.75 Å². The smallest absolute Gasteiger partial charge is 0.148 e. The fourth-order valence-corrected chi connectivity index (χ4v) is 1.92. The molecule has 0 atom stereocenters. The molecule has 0 N–H and O–H groups in total. The van der Waals surface area contributed by atoms with Crippen LogP contribution in [0.3, 0.4) is 0 Å². The van der Waals surface area contributed by atoms with Gasteiger partial charge in [-0.05, 0) is 17.5 Å². The second-order valence-electron chi connectivity index (χ2n) is 4.36. The zero-order valence-corrected chi connectivity index (χ0v) is 10.1. The summed E-state index contributed by atoms with van der Waals surface area (Å²) < 4.78 is 5.47. The Hall–Kier alpha value is -1.13. The Morgan fingerprint density at radius 1 is 1.40 bits per heavy atom. The van der Waals surface area contributed by atoms with Gasteiger partial charge in [-0.25, -0.2) is 0 Å². The average molecular weight is 223 g/mol. The van der Waals surface area contributed by atoms with Gasteiger partial charge in [0.2, 0.25) is 0 Å². The van der Waals surface area contributed by atoms with Crippen molar-refractivity contribution in [1.29, 1.82) is 0 Å². The van der Waals surface area contributed by atoms with Gasteiger partial charge in [0.25, 0.3) is 0 Å². The van der Waals surface area contributed by atoms with Crippen LogP contribution in [0.25, 0.3) is 0 Å². The summed E-state index contributed by atoms with van der Waals surface area (Å²) in [5.74, 6) is 3.22. The standard InChI is InChI=1S/C13H15ClO/c1-5-9-15-11-8-6-7-10(14)12(11)13(2,3)4/h1,6-8H,9H2,2-4H3. The number of rotatable bonds is 2. The third-order valence-corrected chi connectivity index (χ3v) is 2.35. The molecule has 1 nitrogen and oxygen atoms in total. The number of ether oxygens (including phenoxy) is 1. The summed E-state index contributed by atoms with van der Waals surface area (Å²) in [4.78, 5) is 0. The second-order valence-corrected chi connectivity index (χ2v) is 4.76. The molecule has 0 unspecified atom stereocenters. The highest BCUT2D eigenvalue weighted by Gasteiger charge is 2.21. The molecule has 0 aliphatic heterocycles. The third-order valence-electron chi connectivity index (χ3n) is 2.04. The van der Waals surface area contributed by atoms with Gasteiger partial charge in [0.1, 0.15) is 12.4 Å². The van der Waals surface area contributed by atoms with Gasteiger partial charge >= 0.3 is 0 Å². The molecule has 0 aliphatic rings. The molecule has 0 aromatic heterocycles. The molecule has 80 valence electrons. The van der Waals surface area contributed by atoms with E-state index in [-0.39, 0.29) is 12.0 Å². The van der Waals surface area contributed by atoms with Crippen molar-refractivity contribution in [2.45, 2.75) is 26.2 Å². The maximum atomic E-state index is 6.16.